The SMILES string of the molecule is CC(C)(C)ONC(=O)C[C@H](CC(=O)CCc1ccccc1)C(=O)N[C@@H](Cc1ccc(F)cc1)C(=O)CCc1cccc2ccccc12. The predicted octanol–water partition coefficient (Wildman–Crippen LogP) is 6.65. The fourth-order valence-corrected chi connectivity index (χ4v) is 5.37. The van der Waals surface area contributed by atoms with E-state index in [4.69, 9.17) is 4.84 Å². The summed E-state index contributed by atoms with van der Waals surface area (Å²) in [5.41, 5.74) is 4.40. The van der Waals surface area contributed by atoms with Crippen LogP contribution in [0.5, 0.6) is 0 Å². The van der Waals surface area contributed by atoms with E-state index < -0.39 is 35.2 Å². The Morgan fingerprint density at radius 2 is 1.43 bits per heavy atom. The first-order valence-electron chi connectivity index (χ1n) is 16.0. The molecule has 8 heteroatoms. The average Bonchev–Trinajstić information content (AvgIpc) is 3.05. The first kappa shape index (κ1) is 35.2. The van der Waals surface area contributed by atoms with Crippen molar-refractivity contribution in [3.63, 3.8) is 0 Å². The predicted molar refractivity (Wildman–Crippen MR) is 181 cm³/mol. The van der Waals surface area contributed by atoms with Crippen LogP contribution in [0.15, 0.2) is 97.1 Å². The van der Waals surface area contributed by atoms with Gasteiger partial charge in [-0.1, -0.05) is 84.9 Å². The van der Waals surface area contributed by atoms with Crippen molar-refractivity contribution in [1.29, 1.82) is 0 Å². The number of ketones is 2. The summed E-state index contributed by atoms with van der Waals surface area (Å²) >= 11 is 0. The molecule has 2 amide bonds. The van der Waals surface area contributed by atoms with Gasteiger partial charge in [0.1, 0.15) is 11.6 Å². The van der Waals surface area contributed by atoms with Crippen LogP contribution in [0.4, 0.5) is 4.39 Å². The van der Waals surface area contributed by atoms with E-state index >= 15 is 0 Å². The van der Waals surface area contributed by atoms with Crippen molar-refractivity contribution in [2.45, 2.75) is 77.4 Å². The second kappa shape index (κ2) is 16.7. The van der Waals surface area contributed by atoms with Crippen molar-refractivity contribution >= 4 is 34.2 Å². The summed E-state index contributed by atoms with van der Waals surface area (Å²) < 4.78 is 13.7. The maximum absolute atomic E-state index is 13.8. The zero-order chi connectivity index (χ0) is 33.8. The number of carbonyl (C=O) groups is 4. The number of hydroxylamine groups is 1. The number of nitrogens with one attached hydrogen (secondary N) is 2. The molecule has 47 heavy (non-hydrogen) atoms. The molecule has 0 saturated heterocycles. The first-order valence-corrected chi connectivity index (χ1v) is 16.0. The van der Waals surface area contributed by atoms with Crippen molar-refractivity contribution in [3.05, 3.63) is 120 Å². The minimum Gasteiger partial charge on any atom is -0.346 e. The van der Waals surface area contributed by atoms with Gasteiger partial charge in [0.15, 0.2) is 5.78 Å². The van der Waals surface area contributed by atoms with E-state index in [9.17, 15) is 23.6 Å². The summed E-state index contributed by atoms with van der Waals surface area (Å²) in [4.78, 5) is 58.9. The highest BCUT2D eigenvalue weighted by atomic mass is 19.1. The Labute approximate surface area is 275 Å². The van der Waals surface area contributed by atoms with Crippen LogP contribution in [-0.4, -0.2) is 35.0 Å². The highest BCUT2D eigenvalue weighted by molar-refractivity contribution is 5.94. The molecule has 4 aromatic carbocycles. The number of halogens is 1. The number of benzene rings is 4. The number of hydrogen-bond donors (Lipinski definition) is 2. The molecule has 0 aliphatic heterocycles. The Bertz CT molecular complexity index is 1660. The van der Waals surface area contributed by atoms with E-state index in [-0.39, 0.29) is 43.7 Å². The van der Waals surface area contributed by atoms with Gasteiger partial charge in [0, 0.05) is 25.7 Å². The number of fused-ring (bicyclic) bond motifs is 1. The van der Waals surface area contributed by atoms with Crippen LogP contribution < -0.4 is 10.8 Å². The molecule has 0 aliphatic rings. The molecule has 0 aliphatic carbocycles. The summed E-state index contributed by atoms with van der Waals surface area (Å²) in [6.07, 6.45) is 0.991. The Hall–Kier alpha value is -4.69. The molecule has 4 aromatic rings. The lowest BCUT2D eigenvalue weighted by molar-refractivity contribution is -0.148. The molecule has 2 N–H and O–H groups in total. The second-order valence-electron chi connectivity index (χ2n) is 12.9. The van der Waals surface area contributed by atoms with Crippen molar-refractivity contribution in [2.75, 3.05) is 0 Å². The van der Waals surface area contributed by atoms with Gasteiger partial charge in [0.25, 0.3) is 0 Å². The van der Waals surface area contributed by atoms with Gasteiger partial charge in [0.05, 0.1) is 17.6 Å². The van der Waals surface area contributed by atoms with E-state index in [1.807, 2.05) is 72.8 Å². The molecule has 0 saturated carbocycles. The van der Waals surface area contributed by atoms with E-state index in [2.05, 4.69) is 10.8 Å². The van der Waals surface area contributed by atoms with Crippen molar-refractivity contribution in [1.82, 2.24) is 10.8 Å². The number of rotatable bonds is 16. The maximum Gasteiger partial charge on any atom is 0.244 e. The molecule has 246 valence electrons. The van der Waals surface area contributed by atoms with Crippen molar-refractivity contribution in [2.24, 2.45) is 5.92 Å². The minimum atomic E-state index is -1.02. The summed E-state index contributed by atoms with van der Waals surface area (Å²) in [5.74, 6) is -2.93. The molecule has 0 spiro atoms. The van der Waals surface area contributed by atoms with E-state index in [0.29, 0.717) is 18.4 Å². The summed E-state index contributed by atoms with van der Waals surface area (Å²) in [5, 5.41) is 4.98. The van der Waals surface area contributed by atoms with Gasteiger partial charge in [-0.05, 0) is 79.6 Å². The van der Waals surface area contributed by atoms with Gasteiger partial charge < -0.3 is 5.32 Å². The molecule has 0 radical (unpaired) electrons. The fraction of sp³-hybridized carbons (Fsp3) is 0.333. The molecule has 4 rings (SSSR count). The number of aryl methyl sites for hydroxylation is 2. The number of Topliss-reactive ketones (excluding diaryl/α,β-unsaturated/α-hetero) is 2. The lowest BCUT2D eigenvalue weighted by atomic mass is 9.92. The van der Waals surface area contributed by atoms with E-state index in [0.717, 1.165) is 21.9 Å². The van der Waals surface area contributed by atoms with Gasteiger partial charge in [-0.2, -0.15) is 0 Å². The lowest BCUT2D eigenvalue weighted by Crippen LogP contribution is -2.46. The number of hydrogen-bond acceptors (Lipinski definition) is 5. The highest BCUT2D eigenvalue weighted by Crippen LogP contribution is 2.21. The van der Waals surface area contributed by atoms with Gasteiger partial charge in [-0.15, -0.1) is 0 Å². The Kier molecular flexibility index (Phi) is 12.5. The fourth-order valence-electron chi connectivity index (χ4n) is 5.37. The zero-order valence-electron chi connectivity index (χ0n) is 27.3. The summed E-state index contributed by atoms with van der Waals surface area (Å²) in [6, 6.07) is 28.3. The van der Waals surface area contributed by atoms with E-state index in [1.54, 1.807) is 32.9 Å². The van der Waals surface area contributed by atoms with Crippen LogP contribution in [0.1, 0.15) is 63.1 Å². The second-order valence-corrected chi connectivity index (χ2v) is 12.9. The smallest absolute Gasteiger partial charge is 0.244 e. The molecule has 0 heterocycles. The largest absolute Gasteiger partial charge is 0.346 e. The first-order chi connectivity index (χ1) is 22.5. The third kappa shape index (κ3) is 11.6. The third-order valence-corrected chi connectivity index (χ3v) is 7.86. The molecule has 0 unspecified atom stereocenters. The number of carbonyl (C=O) groups excluding carboxylic acids is 4. The van der Waals surface area contributed by atoms with Crippen molar-refractivity contribution in [3.8, 4) is 0 Å². The van der Waals surface area contributed by atoms with Crippen LogP contribution in [0.25, 0.3) is 10.8 Å². The zero-order valence-corrected chi connectivity index (χ0v) is 27.3. The third-order valence-electron chi connectivity index (χ3n) is 7.86. The molecule has 0 bridgehead atoms. The Balaban J connectivity index is 1.50. The van der Waals surface area contributed by atoms with Gasteiger partial charge in [0.2, 0.25) is 11.8 Å². The van der Waals surface area contributed by atoms with Gasteiger partial charge in [-0.25, -0.2) is 9.87 Å². The monoisotopic (exact) mass is 638 g/mol. The Morgan fingerprint density at radius 3 is 2.15 bits per heavy atom. The Morgan fingerprint density at radius 1 is 0.745 bits per heavy atom. The highest BCUT2D eigenvalue weighted by Gasteiger charge is 2.29. The van der Waals surface area contributed by atoms with Crippen LogP contribution in [-0.2, 0) is 43.3 Å². The molecular formula is C39H43FN2O5. The van der Waals surface area contributed by atoms with E-state index in [1.165, 1.54) is 12.1 Å². The minimum absolute atomic E-state index is 0.133. The maximum atomic E-state index is 13.8. The van der Waals surface area contributed by atoms with Gasteiger partial charge >= 0.3 is 0 Å². The quantitative estimate of drug-likeness (QED) is 0.134. The normalized spacial score (nSPS) is 12.7. The molecule has 7 nitrogen and oxygen atoms in total. The molecule has 0 aromatic heterocycles. The van der Waals surface area contributed by atoms with Crippen LogP contribution in [0, 0.1) is 11.7 Å². The van der Waals surface area contributed by atoms with Crippen LogP contribution >= 0.6 is 0 Å². The lowest BCUT2D eigenvalue weighted by Gasteiger charge is -2.23. The van der Waals surface area contributed by atoms with Crippen molar-refractivity contribution < 1.29 is 28.4 Å². The van der Waals surface area contributed by atoms with Gasteiger partial charge in [-0.3, -0.25) is 24.0 Å². The van der Waals surface area contributed by atoms with Crippen LogP contribution in [0.2, 0.25) is 0 Å². The van der Waals surface area contributed by atoms with Crippen LogP contribution in [0.3, 0.4) is 0 Å². The average molecular weight is 639 g/mol. The molecular weight excluding hydrogens is 595 g/mol. The molecule has 2 atom stereocenters. The topological polar surface area (TPSA) is 102 Å². The summed E-state index contributed by atoms with van der Waals surface area (Å²) in [7, 11) is 0. The standard InChI is InChI=1S/C39H43FN2O5/c1-39(2,3)47-42-37(45)26-31(25-33(43)22-18-27-10-5-4-6-11-27)38(46)41-35(24-28-16-20-32(40)21-17-28)36(44)23-19-30-14-9-13-29-12-7-8-15-34(29)30/h4-17,20-21,31,35H,18-19,22-26H2,1-3H3,(H,41,46)(H,42,45)/t31-,35-/m0/s1. The number of amides is 2. The molecule has 0 fully saturated rings. The summed E-state index contributed by atoms with van der Waals surface area (Å²) in [6.45, 7) is 5.32.